The number of rotatable bonds is 4. The van der Waals surface area contributed by atoms with Crippen molar-refractivity contribution in [3.8, 4) is 22.5 Å². The third-order valence-electron chi connectivity index (χ3n) is 6.55. The van der Waals surface area contributed by atoms with E-state index in [2.05, 4.69) is 33.7 Å². The highest BCUT2D eigenvalue weighted by Crippen LogP contribution is 2.40. The second kappa shape index (κ2) is 8.86. The molecule has 0 amide bonds. The highest BCUT2D eigenvalue weighted by Gasteiger charge is 2.33. The van der Waals surface area contributed by atoms with Gasteiger partial charge in [0.2, 0.25) is 5.56 Å². The van der Waals surface area contributed by atoms with Crippen molar-refractivity contribution in [1.29, 1.82) is 0 Å². The largest absolute Gasteiger partial charge is 0.364 e. The quantitative estimate of drug-likeness (QED) is 0.421. The van der Waals surface area contributed by atoms with Gasteiger partial charge in [0.05, 0.1) is 22.7 Å². The predicted molar refractivity (Wildman–Crippen MR) is 135 cm³/mol. The summed E-state index contributed by atoms with van der Waals surface area (Å²) in [7, 11) is 1.69. The fourth-order valence-corrected chi connectivity index (χ4v) is 4.78. The van der Waals surface area contributed by atoms with E-state index in [0.717, 1.165) is 23.0 Å². The summed E-state index contributed by atoms with van der Waals surface area (Å²) in [6.45, 7) is 8.18. The topological polar surface area (TPSA) is 77.1 Å². The number of benzene rings is 1. The molecule has 1 unspecified atom stereocenters. The average molecular weight is 509 g/mol. The minimum atomic E-state index is -2.92. The molecule has 3 aliphatic rings. The zero-order chi connectivity index (χ0) is 26.6. The molecule has 2 aromatic rings. The van der Waals surface area contributed by atoms with Crippen LogP contribution in [-0.4, -0.2) is 24.6 Å². The summed E-state index contributed by atoms with van der Waals surface area (Å²) in [4.78, 5) is 25.9. The van der Waals surface area contributed by atoms with E-state index in [1.807, 2.05) is 6.07 Å². The Bertz CT molecular complexity index is 1620. The summed E-state index contributed by atoms with van der Waals surface area (Å²) < 4.78 is 45.0. The van der Waals surface area contributed by atoms with Crippen LogP contribution in [0.2, 0.25) is 0 Å². The summed E-state index contributed by atoms with van der Waals surface area (Å²) in [6, 6.07) is 8.35. The maximum atomic E-state index is 14.9. The molecule has 0 bridgehead atoms. The standard InChI is InChI=1S/C27H27F3N6O/c1-14(17-7-6-8-18(22(17)28)23(29)30)31-24-20-11-19(16-9-10-21(37)35(5)12-16)26-34-27(3,4)13-36(26)25(20)33-15(2)32-24/h6-12,14,23,34H,13H2,1-5H3. The van der Waals surface area contributed by atoms with Crippen LogP contribution in [0.5, 0.6) is 0 Å². The number of fused-ring (bicyclic) bond motifs is 3. The van der Waals surface area contributed by atoms with Crippen molar-refractivity contribution < 1.29 is 13.2 Å². The molecule has 1 atom stereocenters. The smallest absolute Gasteiger partial charge is 0.266 e. The number of nitrogens with zero attached hydrogens (tertiary/aromatic N) is 5. The van der Waals surface area contributed by atoms with Gasteiger partial charge in [-0.1, -0.05) is 18.2 Å². The molecule has 0 fully saturated rings. The van der Waals surface area contributed by atoms with Crippen molar-refractivity contribution in [2.75, 3.05) is 5.32 Å². The van der Waals surface area contributed by atoms with Crippen LogP contribution < -0.4 is 16.4 Å². The number of anilines is 1. The fourth-order valence-electron chi connectivity index (χ4n) is 4.78. The number of aromatic nitrogens is 4. The van der Waals surface area contributed by atoms with Gasteiger partial charge in [-0.05, 0) is 39.8 Å². The molecule has 1 aromatic carbocycles. The first-order chi connectivity index (χ1) is 17.4. The van der Waals surface area contributed by atoms with Crippen molar-refractivity contribution in [3.05, 3.63) is 81.2 Å². The molecule has 5 rings (SSSR count). The van der Waals surface area contributed by atoms with Gasteiger partial charge in [0.25, 0.3) is 6.43 Å². The number of aryl methyl sites for hydroxylation is 2. The molecule has 3 aliphatic heterocycles. The van der Waals surface area contributed by atoms with Gasteiger partial charge in [-0.2, -0.15) is 0 Å². The molecule has 37 heavy (non-hydrogen) atoms. The first kappa shape index (κ1) is 24.7. The number of hydrogen-bond acceptors (Lipinski definition) is 5. The Morgan fingerprint density at radius 1 is 1.11 bits per heavy atom. The lowest BCUT2D eigenvalue weighted by molar-refractivity contribution is 0.146. The van der Waals surface area contributed by atoms with Crippen molar-refractivity contribution in [3.63, 3.8) is 0 Å². The van der Waals surface area contributed by atoms with E-state index >= 15 is 0 Å². The summed E-state index contributed by atoms with van der Waals surface area (Å²) in [6.07, 6.45) is -1.16. The first-order valence-electron chi connectivity index (χ1n) is 11.9. The van der Waals surface area contributed by atoms with Crippen LogP contribution in [0.3, 0.4) is 0 Å². The van der Waals surface area contributed by atoms with E-state index in [9.17, 15) is 18.0 Å². The molecular formula is C27H27F3N6O. The van der Waals surface area contributed by atoms with Crippen molar-refractivity contribution in [2.24, 2.45) is 12.0 Å². The number of nitrogens with one attached hydrogen (secondary N) is 1. The molecule has 0 radical (unpaired) electrons. The Morgan fingerprint density at radius 2 is 1.84 bits per heavy atom. The molecule has 192 valence electrons. The molecule has 10 heteroatoms. The molecule has 7 nitrogen and oxygen atoms in total. The minimum absolute atomic E-state index is 0.0668. The third-order valence-corrected chi connectivity index (χ3v) is 6.55. The Morgan fingerprint density at radius 3 is 2.54 bits per heavy atom. The average Bonchev–Trinajstić information content (AvgIpc) is 3.15. The molecule has 0 aliphatic carbocycles. The van der Waals surface area contributed by atoms with Crippen LogP contribution >= 0.6 is 0 Å². The molecule has 0 saturated carbocycles. The van der Waals surface area contributed by atoms with Gasteiger partial charge in [-0.25, -0.2) is 23.1 Å². The van der Waals surface area contributed by atoms with Crippen molar-refractivity contribution in [2.45, 2.75) is 52.2 Å². The second-order valence-corrected chi connectivity index (χ2v) is 10.1. The minimum Gasteiger partial charge on any atom is -0.364 e. The van der Waals surface area contributed by atoms with Crippen molar-refractivity contribution >= 4 is 5.82 Å². The van der Waals surface area contributed by atoms with Crippen LogP contribution in [0.1, 0.15) is 50.2 Å². The molecule has 1 aromatic heterocycles. The lowest BCUT2D eigenvalue weighted by Gasteiger charge is -2.19. The van der Waals surface area contributed by atoms with Crippen molar-refractivity contribution in [1.82, 2.24) is 19.1 Å². The number of hydrogen-bond donors (Lipinski definition) is 1. The maximum absolute atomic E-state index is 14.9. The Labute approximate surface area is 211 Å². The Hall–Kier alpha value is -3.95. The second-order valence-electron chi connectivity index (χ2n) is 10.1. The third kappa shape index (κ3) is 4.41. The number of pyridine rings is 2. The Balaban J connectivity index is 1.76. The molecule has 0 spiro atoms. The fraction of sp³-hybridized carbons (Fsp3) is 0.333. The molecule has 1 N–H and O–H groups in total. The molecular weight excluding hydrogens is 481 g/mol. The Kier molecular flexibility index (Phi) is 5.92. The monoisotopic (exact) mass is 508 g/mol. The normalized spacial score (nSPS) is 15.8. The lowest BCUT2D eigenvalue weighted by Crippen LogP contribution is -2.28. The molecule has 4 heterocycles. The van der Waals surface area contributed by atoms with Crippen LogP contribution in [0.15, 0.2) is 52.4 Å². The van der Waals surface area contributed by atoms with Gasteiger partial charge in [0.1, 0.15) is 23.3 Å². The summed E-state index contributed by atoms with van der Waals surface area (Å²) >= 11 is 0. The van der Waals surface area contributed by atoms with Crippen LogP contribution in [0, 0.1) is 12.7 Å². The predicted octanol–water partition coefficient (Wildman–Crippen LogP) is 5.00. The maximum Gasteiger partial charge on any atom is 0.266 e. The van der Waals surface area contributed by atoms with Gasteiger partial charge in [-0.3, -0.25) is 9.79 Å². The van der Waals surface area contributed by atoms with E-state index < -0.39 is 23.8 Å². The lowest BCUT2D eigenvalue weighted by atomic mass is 10.0. The zero-order valence-electron chi connectivity index (χ0n) is 21.2. The van der Waals surface area contributed by atoms with E-state index in [1.54, 1.807) is 33.2 Å². The number of alkyl halides is 2. The van der Waals surface area contributed by atoms with Crippen LogP contribution in [0.25, 0.3) is 22.5 Å². The van der Waals surface area contributed by atoms with E-state index in [-0.39, 0.29) is 16.7 Å². The highest BCUT2D eigenvalue weighted by molar-refractivity contribution is 5.82. The summed E-state index contributed by atoms with van der Waals surface area (Å²) in [5.41, 5.74) is 1.64. The van der Waals surface area contributed by atoms with E-state index in [1.165, 1.54) is 22.8 Å². The van der Waals surface area contributed by atoms with Crippen LogP contribution in [-0.2, 0) is 13.6 Å². The first-order valence-corrected chi connectivity index (χ1v) is 11.9. The van der Waals surface area contributed by atoms with E-state index in [0.29, 0.717) is 29.2 Å². The highest BCUT2D eigenvalue weighted by atomic mass is 19.3. The van der Waals surface area contributed by atoms with E-state index in [4.69, 9.17) is 4.98 Å². The van der Waals surface area contributed by atoms with Gasteiger partial charge in [-0.15, -0.1) is 0 Å². The molecule has 0 saturated heterocycles. The van der Waals surface area contributed by atoms with Gasteiger partial charge in [0.15, 0.2) is 5.49 Å². The SMILES string of the molecule is Cc1nc2n3c(c(-c4ccc(=O)n(C)c4)cc-2c(=NC(C)c2cccc(C(F)F)c2F)n1)NC(C)(C)C3. The van der Waals surface area contributed by atoms with Gasteiger partial charge >= 0.3 is 0 Å². The summed E-state index contributed by atoms with van der Waals surface area (Å²) in [5.74, 6) is 1.02. The summed E-state index contributed by atoms with van der Waals surface area (Å²) in [5, 5.41) is 3.56. The zero-order valence-corrected chi connectivity index (χ0v) is 21.2. The van der Waals surface area contributed by atoms with Gasteiger partial charge in [0, 0.05) is 42.5 Å². The number of halogens is 3. The van der Waals surface area contributed by atoms with Crippen LogP contribution in [0.4, 0.5) is 19.0 Å². The van der Waals surface area contributed by atoms with Gasteiger partial charge < -0.3 is 14.5 Å².